The van der Waals surface area contributed by atoms with E-state index in [1.807, 2.05) is 42.5 Å². The predicted molar refractivity (Wildman–Crippen MR) is 90.9 cm³/mol. The molecule has 1 amide bonds. The molecule has 1 heterocycles. The Morgan fingerprint density at radius 3 is 2.68 bits per heavy atom. The van der Waals surface area contributed by atoms with Gasteiger partial charge in [-0.2, -0.15) is 13.2 Å². The fourth-order valence-corrected chi connectivity index (χ4v) is 3.52. The summed E-state index contributed by atoms with van der Waals surface area (Å²) >= 11 is 0. The maximum Gasteiger partial charge on any atom is 0.393 e. The second kappa shape index (κ2) is 7.46. The highest BCUT2D eigenvalue weighted by atomic mass is 19.4. The molecule has 1 aromatic carbocycles. The summed E-state index contributed by atoms with van der Waals surface area (Å²) in [4.78, 5) is 14.0. The molecule has 2 nitrogen and oxygen atoms in total. The molecule has 5 heteroatoms. The number of benzene rings is 1. The van der Waals surface area contributed by atoms with Crippen molar-refractivity contribution in [1.29, 1.82) is 0 Å². The third kappa shape index (κ3) is 4.53. The molecule has 1 fully saturated rings. The summed E-state index contributed by atoms with van der Waals surface area (Å²) in [7, 11) is 0. The van der Waals surface area contributed by atoms with E-state index in [-0.39, 0.29) is 18.9 Å². The number of alkyl halides is 3. The minimum atomic E-state index is -4.23. The third-order valence-electron chi connectivity index (χ3n) is 4.88. The van der Waals surface area contributed by atoms with Gasteiger partial charge in [-0.15, -0.1) is 0 Å². The molecule has 1 atom stereocenters. The van der Waals surface area contributed by atoms with Crippen molar-refractivity contribution in [1.82, 2.24) is 4.90 Å². The number of piperidine rings is 1. The van der Waals surface area contributed by atoms with Crippen LogP contribution in [0.5, 0.6) is 0 Å². The van der Waals surface area contributed by atoms with Crippen LogP contribution in [-0.4, -0.2) is 30.1 Å². The lowest BCUT2D eigenvalue weighted by Crippen LogP contribution is -2.45. The summed E-state index contributed by atoms with van der Waals surface area (Å²) in [6, 6.07) is 10.00. The van der Waals surface area contributed by atoms with Crippen molar-refractivity contribution in [3.05, 3.63) is 59.2 Å². The summed E-state index contributed by atoms with van der Waals surface area (Å²) in [5.41, 5.74) is 2.87. The Balaban J connectivity index is 1.68. The summed E-state index contributed by atoms with van der Waals surface area (Å²) < 4.78 is 38.9. The molecule has 1 aromatic rings. The van der Waals surface area contributed by atoms with E-state index >= 15 is 0 Å². The Morgan fingerprint density at radius 2 is 1.96 bits per heavy atom. The standard InChI is InChI=1S/C20H22F3NO/c21-20(22,23)18-10-5-11-24(14-18)19(25)17-9-4-8-16(13-17)12-15-6-2-1-3-7-15/h1-3,6-7,9,13,18H,4-5,8,10-12,14H2. The fraction of sp³-hybridized carbons (Fsp3) is 0.450. The number of carbonyl (C=O) groups is 1. The lowest BCUT2D eigenvalue weighted by Gasteiger charge is -2.34. The second-order valence-electron chi connectivity index (χ2n) is 6.80. The van der Waals surface area contributed by atoms with Crippen LogP contribution in [0.3, 0.4) is 0 Å². The number of halogens is 3. The third-order valence-corrected chi connectivity index (χ3v) is 4.88. The van der Waals surface area contributed by atoms with Crippen LogP contribution in [0.1, 0.15) is 31.2 Å². The van der Waals surface area contributed by atoms with E-state index in [1.165, 1.54) is 10.5 Å². The average molecular weight is 349 g/mol. The van der Waals surface area contributed by atoms with Crippen LogP contribution in [0.15, 0.2) is 53.6 Å². The maximum atomic E-state index is 13.0. The van der Waals surface area contributed by atoms with Crippen LogP contribution in [0.25, 0.3) is 0 Å². The average Bonchev–Trinajstić information content (AvgIpc) is 2.61. The van der Waals surface area contributed by atoms with Crippen molar-refractivity contribution in [3.63, 3.8) is 0 Å². The Bertz CT molecular complexity index is 676. The van der Waals surface area contributed by atoms with Gasteiger partial charge in [0.2, 0.25) is 0 Å². The van der Waals surface area contributed by atoms with Gasteiger partial charge < -0.3 is 4.90 Å². The maximum absolute atomic E-state index is 13.0. The van der Waals surface area contributed by atoms with Gasteiger partial charge in [-0.3, -0.25) is 4.79 Å². The molecule has 3 rings (SSSR count). The number of carbonyl (C=O) groups excluding carboxylic acids is 1. The molecule has 1 aliphatic carbocycles. The summed E-state index contributed by atoms with van der Waals surface area (Å²) in [6.45, 7) is 0.187. The number of nitrogens with zero attached hydrogens (tertiary/aromatic N) is 1. The summed E-state index contributed by atoms with van der Waals surface area (Å²) in [6.07, 6.45) is 2.44. The van der Waals surface area contributed by atoms with Gasteiger partial charge >= 0.3 is 6.18 Å². The molecule has 25 heavy (non-hydrogen) atoms. The molecule has 0 aromatic heterocycles. The first-order valence-electron chi connectivity index (χ1n) is 8.73. The molecule has 2 aliphatic rings. The molecule has 134 valence electrons. The lowest BCUT2D eigenvalue weighted by molar-refractivity contribution is -0.187. The number of allylic oxidation sites excluding steroid dienone is 2. The van der Waals surface area contributed by atoms with Crippen molar-refractivity contribution in [3.8, 4) is 0 Å². The van der Waals surface area contributed by atoms with E-state index in [0.717, 1.165) is 24.8 Å². The van der Waals surface area contributed by atoms with E-state index in [0.29, 0.717) is 18.5 Å². The van der Waals surface area contributed by atoms with Crippen molar-refractivity contribution < 1.29 is 18.0 Å². The zero-order chi connectivity index (χ0) is 17.9. The zero-order valence-electron chi connectivity index (χ0n) is 14.1. The van der Waals surface area contributed by atoms with Gasteiger partial charge in [0, 0.05) is 18.7 Å². The quantitative estimate of drug-likeness (QED) is 0.776. The molecule has 0 bridgehead atoms. The zero-order valence-corrected chi connectivity index (χ0v) is 14.1. The van der Waals surface area contributed by atoms with Crippen LogP contribution in [-0.2, 0) is 11.2 Å². The fourth-order valence-electron chi connectivity index (χ4n) is 3.52. The predicted octanol–water partition coefficient (Wildman–Crippen LogP) is 4.68. The molecule has 0 N–H and O–H groups in total. The number of hydrogen-bond donors (Lipinski definition) is 0. The second-order valence-corrected chi connectivity index (χ2v) is 6.80. The van der Waals surface area contributed by atoms with E-state index in [4.69, 9.17) is 0 Å². The largest absolute Gasteiger partial charge is 0.393 e. The number of rotatable bonds is 3. The first-order chi connectivity index (χ1) is 11.9. The van der Waals surface area contributed by atoms with Crippen molar-refractivity contribution in [2.75, 3.05) is 13.1 Å². The van der Waals surface area contributed by atoms with Crippen molar-refractivity contribution in [2.24, 2.45) is 5.92 Å². The van der Waals surface area contributed by atoms with Gasteiger partial charge in [0.15, 0.2) is 0 Å². The van der Waals surface area contributed by atoms with Gasteiger partial charge in [-0.25, -0.2) is 0 Å². The van der Waals surface area contributed by atoms with Crippen molar-refractivity contribution >= 4 is 5.91 Å². The van der Waals surface area contributed by atoms with Gasteiger partial charge in [-0.05, 0) is 37.7 Å². The first-order valence-corrected chi connectivity index (χ1v) is 8.73. The summed E-state index contributed by atoms with van der Waals surface area (Å²) in [5, 5.41) is 0. The Morgan fingerprint density at radius 1 is 1.20 bits per heavy atom. The molecule has 1 saturated heterocycles. The van der Waals surface area contributed by atoms with Gasteiger partial charge in [0.05, 0.1) is 5.92 Å². The normalized spacial score (nSPS) is 21.6. The number of likely N-dealkylation sites (tertiary alicyclic amines) is 1. The Hall–Kier alpha value is -2.04. The molecule has 0 radical (unpaired) electrons. The van der Waals surface area contributed by atoms with Crippen LogP contribution in [0, 0.1) is 5.92 Å². The van der Waals surface area contributed by atoms with Gasteiger partial charge in [0.25, 0.3) is 5.91 Å². The van der Waals surface area contributed by atoms with E-state index in [2.05, 4.69) is 0 Å². The van der Waals surface area contributed by atoms with Crippen LogP contribution in [0.4, 0.5) is 13.2 Å². The van der Waals surface area contributed by atoms with E-state index in [9.17, 15) is 18.0 Å². The number of hydrogen-bond acceptors (Lipinski definition) is 1. The summed E-state index contributed by atoms with van der Waals surface area (Å²) in [5.74, 6) is -1.67. The van der Waals surface area contributed by atoms with Crippen molar-refractivity contribution in [2.45, 2.75) is 38.3 Å². The SMILES string of the molecule is O=C(C1=CCCC(Cc2ccccc2)=C1)N1CCCC(C(F)(F)F)C1. The molecule has 1 unspecified atom stereocenters. The number of amides is 1. The molecule has 1 aliphatic heterocycles. The van der Waals surface area contributed by atoms with Crippen LogP contribution in [0.2, 0.25) is 0 Å². The molecular formula is C20H22F3NO. The topological polar surface area (TPSA) is 20.3 Å². The van der Waals surface area contributed by atoms with Gasteiger partial charge in [-0.1, -0.05) is 48.1 Å². The minimum Gasteiger partial charge on any atom is -0.338 e. The minimum absolute atomic E-state index is 0.113. The highest BCUT2D eigenvalue weighted by molar-refractivity contribution is 5.96. The van der Waals surface area contributed by atoms with Gasteiger partial charge in [0.1, 0.15) is 0 Å². The monoisotopic (exact) mass is 349 g/mol. The highest BCUT2D eigenvalue weighted by Gasteiger charge is 2.42. The first kappa shape index (κ1) is 17.8. The molecular weight excluding hydrogens is 327 g/mol. The highest BCUT2D eigenvalue weighted by Crippen LogP contribution is 2.34. The Labute approximate surface area is 146 Å². The molecule has 0 spiro atoms. The Kier molecular flexibility index (Phi) is 5.30. The molecule has 0 saturated carbocycles. The van der Waals surface area contributed by atoms with E-state index < -0.39 is 12.1 Å². The van der Waals surface area contributed by atoms with Crippen LogP contribution >= 0.6 is 0 Å². The lowest BCUT2D eigenvalue weighted by atomic mass is 9.92. The smallest absolute Gasteiger partial charge is 0.338 e. The van der Waals surface area contributed by atoms with Crippen LogP contribution < -0.4 is 0 Å². The van der Waals surface area contributed by atoms with E-state index in [1.54, 1.807) is 0 Å².